The molecule has 1 aromatic heterocycles. The SMILES string of the molecule is O=C(NCCc1cccnc1)c1cc(Cl)ccc1I. The summed E-state index contributed by atoms with van der Waals surface area (Å²) < 4.78 is 0.890. The van der Waals surface area contributed by atoms with Gasteiger partial charge in [-0.05, 0) is 58.8 Å². The van der Waals surface area contributed by atoms with Crippen LogP contribution in [-0.4, -0.2) is 17.4 Å². The second kappa shape index (κ2) is 6.86. The molecule has 0 aliphatic heterocycles. The Bertz CT molecular complexity index is 575. The third-order valence-corrected chi connectivity index (χ3v) is 3.77. The van der Waals surface area contributed by atoms with Crippen LogP contribution in [0.3, 0.4) is 0 Å². The molecule has 3 nitrogen and oxygen atoms in total. The fourth-order valence-corrected chi connectivity index (χ4v) is 2.39. The van der Waals surface area contributed by atoms with E-state index < -0.39 is 0 Å². The first kappa shape index (κ1) is 14.3. The second-order valence-corrected chi connectivity index (χ2v) is 5.59. The highest BCUT2D eigenvalue weighted by Crippen LogP contribution is 2.17. The largest absolute Gasteiger partial charge is 0.352 e. The lowest BCUT2D eigenvalue weighted by Crippen LogP contribution is -2.26. The molecule has 0 spiro atoms. The van der Waals surface area contributed by atoms with Crippen LogP contribution in [0.4, 0.5) is 0 Å². The summed E-state index contributed by atoms with van der Waals surface area (Å²) >= 11 is 8.03. The van der Waals surface area contributed by atoms with E-state index in [0.29, 0.717) is 17.1 Å². The molecule has 2 aromatic rings. The van der Waals surface area contributed by atoms with Crippen LogP contribution in [0.25, 0.3) is 0 Å². The molecule has 2 rings (SSSR count). The monoisotopic (exact) mass is 386 g/mol. The molecule has 98 valence electrons. The van der Waals surface area contributed by atoms with Crippen molar-refractivity contribution in [2.75, 3.05) is 6.54 Å². The Morgan fingerprint density at radius 2 is 2.21 bits per heavy atom. The quantitative estimate of drug-likeness (QED) is 0.819. The number of aromatic nitrogens is 1. The Morgan fingerprint density at radius 1 is 1.37 bits per heavy atom. The molecule has 1 amide bonds. The first-order valence-electron chi connectivity index (χ1n) is 5.79. The molecule has 0 saturated heterocycles. The Labute approximate surface area is 130 Å². The molecule has 1 aromatic carbocycles. The molecule has 0 aliphatic rings. The minimum atomic E-state index is -0.101. The van der Waals surface area contributed by atoms with Crippen LogP contribution in [0.1, 0.15) is 15.9 Å². The van der Waals surface area contributed by atoms with E-state index in [0.717, 1.165) is 15.6 Å². The van der Waals surface area contributed by atoms with Crippen LogP contribution in [0.2, 0.25) is 5.02 Å². The summed E-state index contributed by atoms with van der Waals surface area (Å²) in [6.45, 7) is 0.577. The van der Waals surface area contributed by atoms with Gasteiger partial charge in [0.25, 0.3) is 5.91 Å². The Balaban J connectivity index is 1.93. The van der Waals surface area contributed by atoms with E-state index in [1.54, 1.807) is 24.5 Å². The van der Waals surface area contributed by atoms with Gasteiger partial charge in [0.2, 0.25) is 0 Å². The second-order valence-electron chi connectivity index (χ2n) is 3.99. The molecule has 1 N–H and O–H groups in total. The first-order valence-corrected chi connectivity index (χ1v) is 7.24. The van der Waals surface area contributed by atoms with E-state index in [9.17, 15) is 4.79 Å². The normalized spacial score (nSPS) is 10.2. The van der Waals surface area contributed by atoms with Gasteiger partial charge in [0.1, 0.15) is 0 Å². The van der Waals surface area contributed by atoms with Gasteiger partial charge in [-0.3, -0.25) is 9.78 Å². The molecule has 0 saturated carbocycles. The lowest BCUT2D eigenvalue weighted by molar-refractivity contribution is 0.0953. The summed E-state index contributed by atoms with van der Waals surface area (Å²) in [6.07, 6.45) is 4.29. The van der Waals surface area contributed by atoms with Crippen molar-refractivity contribution >= 4 is 40.1 Å². The van der Waals surface area contributed by atoms with Crippen molar-refractivity contribution in [3.8, 4) is 0 Å². The number of pyridine rings is 1. The molecule has 0 atom stereocenters. The third-order valence-electron chi connectivity index (χ3n) is 2.60. The van der Waals surface area contributed by atoms with Crippen LogP contribution in [0, 0.1) is 3.57 Å². The lowest BCUT2D eigenvalue weighted by Gasteiger charge is -2.07. The van der Waals surface area contributed by atoms with E-state index in [1.807, 2.05) is 18.2 Å². The van der Waals surface area contributed by atoms with Gasteiger partial charge >= 0.3 is 0 Å². The van der Waals surface area contributed by atoms with E-state index in [1.165, 1.54) is 0 Å². The van der Waals surface area contributed by atoms with Crippen molar-refractivity contribution in [2.45, 2.75) is 6.42 Å². The number of hydrogen-bond acceptors (Lipinski definition) is 2. The van der Waals surface area contributed by atoms with Crippen LogP contribution in [0.5, 0.6) is 0 Å². The van der Waals surface area contributed by atoms with Gasteiger partial charge in [-0.25, -0.2) is 0 Å². The van der Waals surface area contributed by atoms with Gasteiger partial charge in [-0.2, -0.15) is 0 Å². The molecule has 19 heavy (non-hydrogen) atoms. The van der Waals surface area contributed by atoms with Crippen molar-refractivity contribution in [3.05, 3.63) is 62.4 Å². The van der Waals surface area contributed by atoms with Crippen molar-refractivity contribution in [1.82, 2.24) is 10.3 Å². The molecule has 0 aliphatic carbocycles. The van der Waals surface area contributed by atoms with Crippen LogP contribution < -0.4 is 5.32 Å². The highest BCUT2D eigenvalue weighted by molar-refractivity contribution is 14.1. The molecule has 0 unspecified atom stereocenters. The van der Waals surface area contributed by atoms with Crippen molar-refractivity contribution in [1.29, 1.82) is 0 Å². The van der Waals surface area contributed by atoms with Crippen molar-refractivity contribution in [2.24, 2.45) is 0 Å². The highest BCUT2D eigenvalue weighted by Gasteiger charge is 2.09. The van der Waals surface area contributed by atoms with E-state index in [2.05, 4.69) is 32.9 Å². The first-order chi connectivity index (χ1) is 9.16. The number of hydrogen-bond donors (Lipinski definition) is 1. The summed E-state index contributed by atoms with van der Waals surface area (Å²) in [7, 11) is 0. The van der Waals surface area contributed by atoms with Gasteiger partial charge in [0.15, 0.2) is 0 Å². The summed E-state index contributed by atoms with van der Waals surface area (Å²) in [5, 5.41) is 3.45. The summed E-state index contributed by atoms with van der Waals surface area (Å²) in [5.74, 6) is -0.101. The number of halogens is 2. The number of amides is 1. The number of carbonyl (C=O) groups excluding carboxylic acids is 1. The van der Waals surface area contributed by atoms with Crippen molar-refractivity contribution < 1.29 is 4.79 Å². The summed E-state index contributed by atoms with van der Waals surface area (Å²) in [4.78, 5) is 16.1. The molecule has 0 bridgehead atoms. The van der Waals surface area contributed by atoms with Gasteiger partial charge in [-0.15, -0.1) is 0 Å². The number of benzene rings is 1. The zero-order chi connectivity index (χ0) is 13.7. The van der Waals surface area contributed by atoms with E-state index >= 15 is 0 Å². The van der Waals surface area contributed by atoms with Crippen LogP contribution >= 0.6 is 34.2 Å². The van der Waals surface area contributed by atoms with Gasteiger partial charge in [-0.1, -0.05) is 17.7 Å². The van der Waals surface area contributed by atoms with Crippen molar-refractivity contribution in [3.63, 3.8) is 0 Å². The van der Waals surface area contributed by atoms with Gasteiger partial charge in [0.05, 0.1) is 5.56 Å². The van der Waals surface area contributed by atoms with Gasteiger partial charge in [0, 0.05) is 27.5 Å². The van der Waals surface area contributed by atoms with Gasteiger partial charge < -0.3 is 5.32 Å². The summed E-state index contributed by atoms with van der Waals surface area (Å²) in [5.41, 5.74) is 1.71. The number of nitrogens with zero attached hydrogens (tertiary/aromatic N) is 1. The topological polar surface area (TPSA) is 42.0 Å². The van der Waals surface area contributed by atoms with E-state index in [-0.39, 0.29) is 5.91 Å². The summed E-state index contributed by atoms with van der Waals surface area (Å²) in [6, 6.07) is 9.16. The Hall–Kier alpha value is -1.14. The predicted molar refractivity (Wildman–Crippen MR) is 84.4 cm³/mol. The predicted octanol–water partition coefficient (Wildman–Crippen LogP) is 3.31. The fourth-order valence-electron chi connectivity index (χ4n) is 1.63. The highest BCUT2D eigenvalue weighted by atomic mass is 127. The smallest absolute Gasteiger partial charge is 0.252 e. The number of rotatable bonds is 4. The maximum atomic E-state index is 12.0. The molecular weight excluding hydrogens is 375 g/mol. The molecule has 0 fully saturated rings. The Kier molecular flexibility index (Phi) is 5.15. The average molecular weight is 387 g/mol. The zero-order valence-electron chi connectivity index (χ0n) is 10.1. The molecule has 0 radical (unpaired) electrons. The lowest BCUT2D eigenvalue weighted by atomic mass is 10.2. The average Bonchev–Trinajstić information content (AvgIpc) is 2.42. The fraction of sp³-hybridized carbons (Fsp3) is 0.143. The standard InChI is InChI=1S/C14H12ClIN2O/c15-11-3-4-13(16)12(8-11)14(19)18-7-5-10-2-1-6-17-9-10/h1-4,6,8-9H,5,7H2,(H,18,19). The molecular formula is C14H12ClIN2O. The zero-order valence-corrected chi connectivity index (χ0v) is 13.0. The molecule has 5 heteroatoms. The third kappa shape index (κ3) is 4.18. The van der Waals surface area contributed by atoms with Crippen LogP contribution in [0.15, 0.2) is 42.7 Å². The maximum Gasteiger partial charge on any atom is 0.252 e. The number of nitrogens with one attached hydrogen (secondary N) is 1. The van der Waals surface area contributed by atoms with E-state index in [4.69, 9.17) is 11.6 Å². The number of carbonyl (C=O) groups is 1. The minimum absolute atomic E-state index is 0.101. The molecule has 1 heterocycles. The minimum Gasteiger partial charge on any atom is -0.352 e. The van der Waals surface area contributed by atoms with Crippen LogP contribution in [-0.2, 0) is 6.42 Å². The maximum absolute atomic E-state index is 12.0. The Morgan fingerprint density at radius 3 is 2.95 bits per heavy atom.